The number of aryl methyl sites for hydroxylation is 1. The molecule has 2 aromatic rings. The second-order valence-electron chi connectivity index (χ2n) is 9.45. The Morgan fingerprint density at radius 3 is 2.42 bits per heavy atom. The van der Waals surface area contributed by atoms with Crippen molar-refractivity contribution in [1.82, 2.24) is 9.62 Å². The van der Waals surface area contributed by atoms with E-state index < -0.39 is 39.3 Å². The second-order valence-corrected chi connectivity index (χ2v) is 11.9. The third kappa shape index (κ3) is 9.08. The van der Waals surface area contributed by atoms with Crippen LogP contribution in [0.25, 0.3) is 0 Å². The fourth-order valence-electron chi connectivity index (χ4n) is 3.77. The normalized spacial score (nSPS) is 13.2. The predicted molar refractivity (Wildman–Crippen MR) is 135 cm³/mol. The Balaban J connectivity index is 1.91. The lowest BCUT2D eigenvalue weighted by Gasteiger charge is -2.29. The van der Waals surface area contributed by atoms with E-state index in [-0.39, 0.29) is 47.8 Å². The molecule has 0 aromatic heterocycles. The van der Waals surface area contributed by atoms with E-state index in [1.54, 1.807) is 0 Å². The number of carbonyl (C=O) groups is 1. The summed E-state index contributed by atoms with van der Waals surface area (Å²) < 4.78 is 54.6. The number of halogens is 3. The Morgan fingerprint density at radius 2 is 1.81 bits per heavy atom. The Kier molecular flexibility index (Phi) is 10.8. The van der Waals surface area contributed by atoms with E-state index in [4.69, 9.17) is 16.7 Å². The second kappa shape index (κ2) is 12.9. The van der Waals surface area contributed by atoms with Gasteiger partial charge in [-0.2, -0.15) is 4.31 Å². The topological polar surface area (TPSA) is 107 Å². The molecule has 11 heteroatoms. The number of hydrogen-bond donors (Lipinski definition) is 3. The molecular formula is C25H33ClF2N2O5S. The van der Waals surface area contributed by atoms with Gasteiger partial charge >= 0.3 is 5.97 Å². The SMILES string of the molecule is CN(CC(O)CNC(C)(C)CCCc1c(F)cccc1F)S(=O)(=O)c1cc(Cl)cc(CCC(=O)O)c1. The van der Waals surface area contributed by atoms with Crippen LogP contribution in [0, 0.1) is 11.6 Å². The summed E-state index contributed by atoms with van der Waals surface area (Å²) in [6.07, 6.45) is 0.267. The summed E-state index contributed by atoms with van der Waals surface area (Å²) in [5, 5.41) is 22.7. The third-order valence-corrected chi connectivity index (χ3v) is 7.86. The molecule has 36 heavy (non-hydrogen) atoms. The smallest absolute Gasteiger partial charge is 0.303 e. The summed E-state index contributed by atoms with van der Waals surface area (Å²) >= 11 is 6.05. The maximum absolute atomic E-state index is 13.8. The maximum atomic E-state index is 13.8. The van der Waals surface area contributed by atoms with Crippen LogP contribution in [0.15, 0.2) is 41.3 Å². The van der Waals surface area contributed by atoms with Crippen LogP contribution in [0.4, 0.5) is 8.78 Å². The number of aliphatic hydroxyl groups excluding tert-OH is 1. The van der Waals surface area contributed by atoms with E-state index in [0.29, 0.717) is 18.4 Å². The number of likely N-dealkylation sites (N-methyl/N-ethyl adjacent to an activating group) is 1. The van der Waals surface area contributed by atoms with E-state index in [2.05, 4.69) is 5.32 Å². The van der Waals surface area contributed by atoms with Crippen molar-refractivity contribution < 1.29 is 32.2 Å². The van der Waals surface area contributed by atoms with Gasteiger partial charge in [0.05, 0.1) is 11.0 Å². The number of nitrogens with zero attached hydrogens (tertiary/aromatic N) is 1. The summed E-state index contributed by atoms with van der Waals surface area (Å²) in [4.78, 5) is 10.7. The zero-order valence-electron chi connectivity index (χ0n) is 20.6. The first-order chi connectivity index (χ1) is 16.7. The molecule has 1 unspecified atom stereocenters. The fraction of sp³-hybridized carbons (Fsp3) is 0.480. The summed E-state index contributed by atoms with van der Waals surface area (Å²) in [7, 11) is -2.64. The fourth-order valence-corrected chi connectivity index (χ4v) is 5.39. The number of β-amino-alcohol motifs (C(OH)–C–C–N with tert-alkyl or cyclic N) is 1. The number of nitrogens with one attached hydrogen (secondary N) is 1. The first-order valence-electron chi connectivity index (χ1n) is 11.5. The largest absolute Gasteiger partial charge is 0.481 e. The van der Waals surface area contributed by atoms with Crippen LogP contribution in [0.3, 0.4) is 0 Å². The van der Waals surface area contributed by atoms with Gasteiger partial charge < -0.3 is 15.5 Å². The first-order valence-corrected chi connectivity index (χ1v) is 13.4. The van der Waals surface area contributed by atoms with Gasteiger partial charge in [0.1, 0.15) is 11.6 Å². The first kappa shape index (κ1) is 30.1. The molecule has 0 amide bonds. The lowest BCUT2D eigenvalue weighted by molar-refractivity contribution is -0.136. The highest BCUT2D eigenvalue weighted by atomic mass is 35.5. The van der Waals surface area contributed by atoms with Gasteiger partial charge in [0.2, 0.25) is 10.0 Å². The zero-order chi connectivity index (χ0) is 27.1. The average Bonchev–Trinajstić information content (AvgIpc) is 2.78. The number of carboxylic acid groups (broad SMARTS) is 1. The highest BCUT2D eigenvalue weighted by molar-refractivity contribution is 7.89. The van der Waals surface area contributed by atoms with Crippen LogP contribution in [-0.4, -0.2) is 60.7 Å². The summed E-state index contributed by atoms with van der Waals surface area (Å²) in [6, 6.07) is 7.95. The van der Waals surface area contributed by atoms with E-state index in [1.165, 1.54) is 43.4 Å². The van der Waals surface area contributed by atoms with Crippen LogP contribution in [0.5, 0.6) is 0 Å². The van der Waals surface area contributed by atoms with Gasteiger partial charge in [-0.15, -0.1) is 0 Å². The minimum Gasteiger partial charge on any atom is -0.481 e. The van der Waals surface area contributed by atoms with Crippen LogP contribution < -0.4 is 5.32 Å². The predicted octanol–water partition coefficient (Wildman–Crippen LogP) is 4.01. The quantitative estimate of drug-likeness (QED) is 0.330. The number of benzene rings is 2. The van der Waals surface area contributed by atoms with Gasteiger partial charge in [-0.25, -0.2) is 17.2 Å². The van der Waals surface area contributed by atoms with Crippen molar-refractivity contribution in [3.05, 3.63) is 64.2 Å². The summed E-state index contributed by atoms with van der Waals surface area (Å²) in [5.41, 5.74) is 0.0648. The van der Waals surface area contributed by atoms with Gasteiger partial charge in [-0.3, -0.25) is 4.79 Å². The number of aliphatic hydroxyl groups is 1. The van der Waals surface area contributed by atoms with Gasteiger partial charge in [-0.05, 0) is 75.4 Å². The minimum atomic E-state index is -3.98. The van der Waals surface area contributed by atoms with Crippen molar-refractivity contribution in [2.24, 2.45) is 0 Å². The maximum Gasteiger partial charge on any atom is 0.303 e. The average molecular weight is 547 g/mol. The molecule has 0 aliphatic rings. The number of hydrogen-bond acceptors (Lipinski definition) is 5. The molecule has 2 aromatic carbocycles. The highest BCUT2D eigenvalue weighted by Crippen LogP contribution is 2.23. The van der Waals surface area contributed by atoms with Gasteiger partial charge in [-0.1, -0.05) is 17.7 Å². The molecule has 0 saturated carbocycles. The summed E-state index contributed by atoms with van der Waals surface area (Å²) in [5.74, 6) is -2.15. The number of rotatable bonds is 14. The molecule has 0 radical (unpaired) electrons. The molecule has 0 saturated heterocycles. The molecule has 0 bridgehead atoms. The monoisotopic (exact) mass is 546 g/mol. The lowest BCUT2D eigenvalue weighted by Crippen LogP contribution is -2.46. The number of carboxylic acids is 1. The van der Waals surface area contributed by atoms with Crippen molar-refractivity contribution in [3.63, 3.8) is 0 Å². The molecule has 0 fully saturated rings. The Labute approximate surface area is 216 Å². The van der Waals surface area contributed by atoms with Crippen LogP contribution in [-0.2, 0) is 27.7 Å². The summed E-state index contributed by atoms with van der Waals surface area (Å²) in [6.45, 7) is 3.69. The zero-order valence-corrected chi connectivity index (χ0v) is 22.2. The molecular weight excluding hydrogens is 514 g/mol. The van der Waals surface area contributed by atoms with E-state index >= 15 is 0 Å². The van der Waals surface area contributed by atoms with Crippen molar-refractivity contribution >= 4 is 27.6 Å². The van der Waals surface area contributed by atoms with E-state index in [0.717, 1.165) is 4.31 Å². The molecule has 0 heterocycles. The third-order valence-electron chi connectivity index (χ3n) is 5.84. The minimum absolute atomic E-state index is 0.0484. The van der Waals surface area contributed by atoms with Crippen LogP contribution >= 0.6 is 11.6 Å². The highest BCUT2D eigenvalue weighted by Gasteiger charge is 2.25. The van der Waals surface area contributed by atoms with Gasteiger partial charge in [0.15, 0.2) is 0 Å². The van der Waals surface area contributed by atoms with E-state index in [9.17, 15) is 27.1 Å². The Hall–Kier alpha value is -2.11. The number of aliphatic carboxylic acids is 1. The standard InChI is InChI=1S/C25H33ClF2N2O5S/c1-25(2,11-5-6-21-22(27)7-4-8-23(21)28)29-15-19(31)16-30(3)36(34,35)20-13-17(9-10-24(32)33)12-18(26)14-20/h4,7-8,12-14,19,29,31H,5-6,9-11,15-16H2,1-3H3,(H,32,33). The Morgan fingerprint density at radius 1 is 1.17 bits per heavy atom. The molecule has 200 valence electrons. The molecule has 1 atom stereocenters. The van der Waals surface area contributed by atoms with Crippen molar-refractivity contribution in [2.75, 3.05) is 20.1 Å². The Bertz CT molecular complexity index is 1140. The van der Waals surface area contributed by atoms with Gasteiger partial charge in [0.25, 0.3) is 0 Å². The van der Waals surface area contributed by atoms with Gasteiger partial charge in [0, 0.05) is 42.7 Å². The molecule has 7 nitrogen and oxygen atoms in total. The molecule has 0 spiro atoms. The molecule has 0 aliphatic heterocycles. The van der Waals surface area contributed by atoms with Crippen molar-refractivity contribution in [3.8, 4) is 0 Å². The number of sulfonamides is 1. The molecule has 0 aliphatic carbocycles. The van der Waals surface area contributed by atoms with E-state index in [1.807, 2.05) is 13.8 Å². The van der Waals surface area contributed by atoms with Crippen LogP contribution in [0.1, 0.15) is 44.2 Å². The molecule has 2 rings (SSSR count). The van der Waals surface area contributed by atoms with Crippen molar-refractivity contribution in [2.45, 2.75) is 62.5 Å². The van der Waals surface area contributed by atoms with Crippen LogP contribution in [0.2, 0.25) is 5.02 Å². The van der Waals surface area contributed by atoms with Crippen molar-refractivity contribution in [1.29, 1.82) is 0 Å². The lowest BCUT2D eigenvalue weighted by atomic mass is 9.95. The molecule has 3 N–H and O–H groups in total.